The highest BCUT2D eigenvalue weighted by Gasteiger charge is 2.63. The summed E-state index contributed by atoms with van der Waals surface area (Å²) in [7, 11) is -4.91. The topological polar surface area (TPSA) is 220 Å². The lowest BCUT2D eigenvalue weighted by Gasteiger charge is -2.31. The van der Waals surface area contributed by atoms with Crippen molar-refractivity contribution in [3.05, 3.63) is 33.1 Å². The van der Waals surface area contributed by atoms with Crippen LogP contribution in [0.2, 0.25) is 0 Å². The molecule has 0 saturated carbocycles. The molecule has 0 spiro atoms. The number of rotatable bonds is 13. The summed E-state index contributed by atoms with van der Waals surface area (Å²) in [6.07, 6.45) is -6.47. The molecule has 1 aromatic rings. The van der Waals surface area contributed by atoms with Crippen molar-refractivity contribution in [3.63, 3.8) is 0 Å². The van der Waals surface area contributed by atoms with Crippen molar-refractivity contribution in [1.29, 1.82) is 0 Å². The third-order valence-electron chi connectivity index (χ3n) is 5.13. The summed E-state index contributed by atoms with van der Waals surface area (Å²) in [6.45, 7) is 2.29. The summed E-state index contributed by atoms with van der Waals surface area (Å²) >= 11 is 0. The van der Waals surface area contributed by atoms with Crippen molar-refractivity contribution in [2.45, 2.75) is 70.4 Å². The average Bonchev–Trinajstić information content (AvgIpc) is 3.03. The van der Waals surface area contributed by atoms with Gasteiger partial charge in [-0.05, 0) is 34.6 Å². The number of aliphatic hydroxyl groups excluding tert-OH is 1. The Morgan fingerprint density at radius 3 is 2.08 bits per heavy atom. The molecule has 3 N–H and O–H groups in total. The Morgan fingerprint density at radius 2 is 1.62 bits per heavy atom. The van der Waals surface area contributed by atoms with E-state index in [0.717, 1.165) is 19.2 Å². The van der Waals surface area contributed by atoms with E-state index in [4.69, 9.17) is 27.8 Å². The second-order valence-electron chi connectivity index (χ2n) is 9.15. The standard InChI is InChI=1S/C21H32FN2O15P/c1-12(2)37-18(28)32-10-35-40(31,36-11-33-19(29)38-13(3)4)34-9-21(8-22)15(26)20(5,30)16(39-21)24-7-6-14(25)23-17(24)27/h6-7,12-13,15-16,26,30H,8-11H2,1-5H3,(H,23,25,27)/t15-,16+,20+,21+/m0/s1. The van der Waals surface area contributed by atoms with Crippen LogP contribution in [0.3, 0.4) is 0 Å². The first kappa shape index (κ1) is 33.3. The van der Waals surface area contributed by atoms with Gasteiger partial charge in [-0.15, -0.1) is 0 Å². The molecule has 1 aliphatic heterocycles. The monoisotopic (exact) mass is 602 g/mol. The maximum absolute atomic E-state index is 14.4. The van der Waals surface area contributed by atoms with Gasteiger partial charge in [0.05, 0.1) is 18.8 Å². The first-order valence-electron chi connectivity index (χ1n) is 11.7. The number of ether oxygens (including phenoxy) is 5. The van der Waals surface area contributed by atoms with Crippen molar-refractivity contribution in [2.24, 2.45) is 0 Å². The SMILES string of the molecule is CC(C)OC(=O)OCOP(=O)(OCOC(=O)OC(C)C)OC[C@@]1(CF)O[C@@H](n2ccc(=O)[nH]c2=O)[C@](C)(O)[C@@H]1O. The van der Waals surface area contributed by atoms with Crippen LogP contribution in [0.4, 0.5) is 14.0 Å². The minimum absolute atomic E-state index is 0.562. The van der Waals surface area contributed by atoms with Crippen molar-refractivity contribution in [3.8, 4) is 0 Å². The van der Waals surface area contributed by atoms with Gasteiger partial charge in [-0.1, -0.05) is 0 Å². The van der Waals surface area contributed by atoms with Gasteiger partial charge in [0.1, 0.15) is 18.4 Å². The van der Waals surface area contributed by atoms with Gasteiger partial charge in [-0.25, -0.2) is 32.4 Å². The number of aliphatic hydroxyl groups is 2. The second-order valence-corrected chi connectivity index (χ2v) is 10.8. The quantitative estimate of drug-likeness (QED) is 0.163. The molecule has 1 fully saturated rings. The van der Waals surface area contributed by atoms with Gasteiger partial charge >= 0.3 is 25.8 Å². The smallest absolute Gasteiger partial charge is 0.432 e. The molecule has 1 aliphatic rings. The Bertz CT molecular complexity index is 1150. The Kier molecular flexibility index (Phi) is 11.4. The zero-order valence-corrected chi connectivity index (χ0v) is 23.2. The number of nitrogens with one attached hydrogen (secondary N) is 1. The Balaban J connectivity index is 2.22. The first-order valence-corrected chi connectivity index (χ1v) is 13.2. The normalized spacial score (nSPS) is 24.8. The highest BCUT2D eigenvalue weighted by Crippen LogP contribution is 2.52. The number of phosphoric acid groups is 1. The van der Waals surface area contributed by atoms with Crippen LogP contribution in [0.25, 0.3) is 0 Å². The molecule has 19 heteroatoms. The summed E-state index contributed by atoms with van der Waals surface area (Å²) in [5.41, 5.74) is -6.64. The van der Waals surface area contributed by atoms with Gasteiger partial charge in [0, 0.05) is 12.3 Å². The van der Waals surface area contributed by atoms with Crippen molar-refractivity contribution in [2.75, 3.05) is 26.9 Å². The van der Waals surface area contributed by atoms with Crippen LogP contribution in [0.5, 0.6) is 0 Å². The van der Waals surface area contributed by atoms with Gasteiger partial charge in [0.25, 0.3) is 5.56 Å². The third kappa shape index (κ3) is 8.57. The number of carbonyl (C=O) groups is 2. The van der Waals surface area contributed by atoms with E-state index >= 15 is 0 Å². The molecule has 0 radical (unpaired) electrons. The summed E-state index contributed by atoms with van der Waals surface area (Å²) < 4.78 is 67.2. The molecule has 17 nitrogen and oxygen atoms in total. The van der Waals surface area contributed by atoms with Gasteiger partial charge in [-0.3, -0.25) is 18.9 Å². The molecular formula is C21H32FN2O15P. The van der Waals surface area contributed by atoms with Gasteiger partial charge in [0.15, 0.2) is 11.8 Å². The molecule has 0 amide bonds. The van der Waals surface area contributed by atoms with E-state index in [1.807, 2.05) is 4.98 Å². The van der Waals surface area contributed by atoms with E-state index in [1.165, 1.54) is 27.7 Å². The predicted molar refractivity (Wildman–Crippen MR) is 128 cm³/mol. The van der Waals surface area contributed by atoms with Crippen LogP contribution < -0.4 is 11.2 Å². The van der Waals surface area contributed by atoms with E-state index in [9.17, 15) is 38.3 Å². The molecule has 0 aliphatic carbocycles. The summed E-state index contributed by atoms with van der Waals surface area (Å²) in [4.78, 5) is 48.7. The second kappa shape index (κ2) is 13.7. The number of halogens is 1. The number of aromatic nitrogens is 2. The lowest BCUT2D eigenvalue weighted by Crippen LogP contribution is -2.53. The number of carbonyl (C=O) groups excluding carboxylic acids is 2. The summed E-state index contributed by atoms with van der Waals surface area (Å²) in [6, 6.07) is 0.920. The average molecular weight is 602 g/mol. The van der Waals surface area contributed by atoms with Crippen LogP contribution in [0, 0.1) is 0 Å². The van der Waals surface area contributed by atoms with Crippen LogP contribution in [0.1, 0.15) is 40.8 Å². The third-order valence-corrected chi connectivity index (χ3v) is 6.42. The van der Waals surface area contributed by atoms with Crippen LogP contribution >= 0.6 is 7.82 Å². The molecule has 228 valence electrons. The molecule has 2 heterocycles. The van der Waals surface area contributed by atoms with Crippen LogP contribution in [-0.4, -0.2) is 88.5 Å². The lowest BCUT2D eigenvalue weighted by molar-refractivity contribution is -0.141. The molecule has 1 aromatic heterocycles. The van der Waals surface area contributed by atoms with Gasteiger partial charge in [0.2, 0.25) is 13.6 Å². The summed E-state index contributed by atoms with van der Waals surface area (Å²) in [5.74, 6) is 0. The minimum atomic E-state index is -4.91. The molecule has 40 heavy (non-hydrogen) atoms. The van der Waals surface area contributed by atoms with Crippen LogP contribution in [0.15, 0.2) is 21.9 Å². The number of alkyl halides is 1. The maximum Gasteiger partial charge on any atom is 0.510 e. The minimum Gasteiger partial charge on any atom is -0.432 e. The number of phosphoric ester groups is 1. The highest BCUT2D eigenvalue weighted by molar-refractivity contribution is 7.48. The molecule has 2 rings (SSSR count). The van der Waals surface area contributed by atoms with Crippen molar-refractivity contribution < 1.29 is 66.0 Å². The number of hydrogen-bond acceptors (Lipinski definition) is 15. The molecule has 4 atom stereocenters. The fourth-order valence-electron chi connectivity index (χ4n) is 3.31. The Hall–Kier alpha value is -2.86. The maximum atomic E-state index is 14.4. The lowest BCUT2D eigenvalue weighted by atomic mass is 9.88. The number of hydrogen-bond donors (Lipinski definition) is 3. The number of H-pyrrole nitrogens is 1. The molecule has 0 aromatic carbocycles. The van der Waals surface area contributed by atoms with E-state index in [-0.39, 0.29) is 0 Å². The number of nitrogens with zero attached hydrogens (tertiary/aromatic N) is 1. The highest BCUT2D eigenvalue weighted by atomic mass is 31.2. The molecule has 0 bridgehead atoms. The molecule has 0 unspecified atom stereocenters. The largest absolute Gasteiger partial charge is 0.510 e. The van der Waals surface area contributed by atoms with Gasteiger partial charge in [-0.2, -0.15) is 0 Å². The Labute approximate surface area is 226 Å². The van der Waals surface area contributed by atoms with E-state index < -0.39 is 94.0 Å². The molecular weight excluding hydrogens is 570 g/mol. The fraction of sp³-hybridized carbons (Fsp3) is 0.714. The molecule has 1 saturated heterocycles. The van der Waals surface area contributed by atoms with Crippen LogP contribution in [-0.2, 0) is 41.8 Å². The van der Waals surface area contributed by atoms with Gasteiger partial charge < -0.3 is 33.9 Å². The fourth-order valence-corrected chi connectivity index (χ4v) is 4.28. The predicted octanol–water partition coefficient (Wildman–Crippen LogP) is 1.08. The van der Waals surface area contributed by atoms with E-state index in [0.29, 0.717) is 4.57 Å². The zero-order valence-electron chi connectivity index (χ0n) is 22.3. The van der Waals surface area contributed by atoms with Crippen molar-refractivity contribution in [1.82, 2.24) is 9.55 Å². The first-order chi connectivity index (χ1) is 18.5. The van der Waals surface area contributed by atoms with Crippen molar-refractivity contribution >= 4 is 20.1 Å². The van der Waals surface area contributed by atoms with E-state index in [1.54, 1.807) is 0 Å². The number of aromatic amines is 1. The Morgan fingerprint density at radius 1 is 1.10 bits per heavy atom. The van der Waals surface area contributed by atoms with E-state index in [2.05, 4.69) is 9.47 Å². The summed E-state index contributed by atoms with van der Waals surface area (Å²) in [5, 5.41) is 21.7. The zero-order chi connectivity index (χ0) is 30.3.